The Labute approximate surface area is 125 Å². The Morgan fingerprint density at radius 1 is 1.42 bits per heavy atom. The molecule has 5 heteroatoms. The highest BCUT2D eigenvalue weighted by Crippen LogP contribution is 2.11. The fourth-order valence-corrected chi connectivity index (χ4v) is 2.43. The Morgan fingerprint density at radius 3 is 2.95 bits per heavy atom. The van der Waals surface area contributed by atoms with Crippen molar-refractivity contribution in [1.29, 1.82) is 0 Å². The molecule has 0 aromatic heterocycles. The van der Waals surface area contributed by atoms with Gasteiger partial charge in [-0.15, -0.1) is 12.4 Å². The van der Waals surface area contributed by atoms with Crippen LogP contribution in [0.5, 0.6) is 0 Å². The van der Waals surface area contributed by atoms with Crippen LogP contribution in [0, 0.1) is 0 Å². The summed E-state index contributed by atoms with van der Waals surface area (Å²) in [5.74, 6) is 0.122. The molecule has 2 N–H and O–H groups in total. The summed E-state index contributed by atoms with van der Waals surface area (Å²) in [5.41, 5.74) is 1.15. The Kier molecular flexibility index (Phi) is 7.21. The van der Waals surface area contributed by atoms with E-state index in [0.717, 1.165) is 36.4 Å². The summed E-state index contributed by atoms with van der Waals surface area (Å²) in [7, 11) is 0. The van der Waals surface area contributed by atoms with Crippen LogP contribution < -0.4 is 10.6 Å². The smallest absolute Gasteiger partial charge is 0.237 e. The van der Waals surface area contributed by atoms with E-state index < -0.39 is 0 Å². The van der Waals surface area contributed by atoms with Crippen molar-refractivity contribution in [1.82, 2.24) is 10.6 Å². The lowest BCUT2D eigenvalue weighted by atomic mass is 10.0. The molecule has 0 aliphatic carbocycles. The number of benzene rings is 1. The van der Waals surface area contributed by atoms with Gasteiger partial charge < -0.3 is 10.6 Å². The second-order valence-electron chi connectivity index (χ2n) is 4.67. The molecular weight excluding hydrogens is 283 g/mol. The minimum absolute atomic E-state index is 0. The summed E-state index contributed by atoms with van der Waals surface area (Å²) in [5, 5.41) is 6.96. The normalized spacial score (nSPS) is 18.5. The van der Waals surface area contributed by atoms with E-state index in [9.17, 15) is 4.79 Å². The molecule has 1 aliphatic heterocycles. The van der Waals surface area contributed by atoms with Crippen LogP contribution >= 0.6 is 24.0 Å². The molecule has 1 saturated heterocycles. The fourth-order valence-electron chi connectivity index (χ4n) is 2.22. The monoisotopic (exact) mass is 302 g/mol. The van der Waals surface area contributed by atoms with E-state index >= 15 is 0 Å². The third-order valence-corrected chi connectivity index (χ3v) is 3.46. The summed E-state index contributed by atoms with van der Waals surface area (Å²) in [4.78, 5) is 11.9. The Morgan fingerprint density at radius 2 is 2.26 bits per heavy atom. The summed E-state index contributed by atoms with van der Waals surface area (Å²) >= 11 is 5.91. The number of piperidine rings is 1. The zero-order valence-corrected chi connectivity index (χ0v) is 12.4. The van der Waals surface area contributed by atoms with Gasteiger partial charge in [-0.3, -0.25) is 4.79 Å². The lowest BCUT2D eigenvalue weighted by molar-refractivity contribution is -0.123. The van der Waals surface area contributed by atoms with E-state index in [2.05, 4.69) is 10.6 Å². The van der Waals surface area contributed by atoms with Gasteiger partial charge in [-0.05, 0) is 43.5 Å². The predicted octanol–water partition coefficient (Wildman–Crippen LogP) is 2.56. The first-order chi connectivity index (χ1) is 8.75. The molecule has 1 aromatic rings. The van der Waals surface area contributed by atoms with Crippen LogP contribution in [-0.4, -0.2) is 25.0 Å². The van der Waals surface area contributed by atoms with Crippen molar-refractivity contribution >= 4 is 29.9 Å². The standard InChI is InChI=1S/C14H19ClN2O.ClH/c15-12-5-3-4-11(10-12)7-9-17-14(18)13-6-1-2-8-16-13;/h3-5,10,13,16H,1-2,6-9H2,(H,17,18);1H. The summed E-state index contributed by atoms with van der Waals surface area (Å²) in [6.45, 7) is 1.61. The number of amides is 1. The van der Waals surface area contributed by atoms with Crippen LogP contribution in [0.3, 0.4) is 0 Å². The average Bonchev–Trinajstić information content (AvgIpc) is 2.40. The molecule has 1 amide bonds. The summed E-state index contributed by atoms with van der Waals surface area (Å²) < 4.78 is 0. The van der Waals surface area contributed by atoms with E-state index in [1.54, 1.807) is 0 Å². The molecule has 3 nitrogen and oxygen atoms in total. The maximum atomic E-state index is 11.9. The minimum atomic E-state index is -0.00175. The molecule has 0 saturated carbocycles. The number of halogens is 2. The highest BCUT2D eigenvalue weighted by atomic mass is 35.5. The third kappa shape index (κ3) is 5.39. The van der Waals surface area contributed by atoms with Crippen LogP contribution in [0.15, 0.2) is 24.3 Å². The first kappa shape index (κ1) is 16.3. The van der Waals surface area contributed by atoms with Crippen LogP contribution in [0.2, 0.25) is 5.02 Å². The molecule has 2 rings (SSSR count). The number of carbonyl (C=O) groups is 1. The molecule has 19 heavy (non-hydrogen) atoms. The topological polar surface area (TPSA) is 41.1 Å². The molecule has 0 bridgehead atoms. The summed E-state index contributed by atoms with van der Waals surface area (Å²) in [6, 6.07) is 7.75. The van der Waals surface area contributed by atoms with Crippen molar-refractivity contribution in [3.05, 3.63) is 34.9 Å². The van der Waals surface area contributed by atoms with Gasteiger partial charge in [-0.2, -0.15) is 0 Å². The average molecular weight is 303 g/mol. The molecule has 1 heterocycles. The van der Waals surface area contributed by atoms with Crippen molar-refractivity contribution in [2.75, 3.05) is 13.1 Å². The van der Waals surface area contributed by atoms with Gasteiger partial charge in [-0.1, -0.05) is 30.2 Å². The molecule has 106 valence electrons. The van der Waals surface area contributed by atoms with Gasteiger partial charge in [0.15, 0.2) is 0 Å². The summed E-state index contributed by atoms with van der Waals surface area (Å²) in [6.07, 6.45) is 4.08. The van der Waals surface area contributed by atoms with Gasteiger partial charge in [0, 0.05) is 11.6 Å². The fraction of sp³-hybridized carbons (Fsp3) is 0.500. The molecule has 0 radical (unpaired) electrons. The lowest BCUT2D eigenvalue weighted by Crippen LogP contribution is -2.47. The van der Waals surface area contributed by atoms with Gasteiger partial charge >= 0.3 is 0 Å². The number of nitrogens with one attached hydrogen (secondary N) is 2. The first-order valence-corrected chi connectivity index (χ1v) is 6.89. The van der Waals surface area contributed by atoms with Gasteiger partial charge in [0.2, 0.25) is 5.91 Å². The lowest BCUT2D eigenvalue weighted by Gasteiger charge is -2.22. The van der Waals surface area contributed by atoms with Crippen molar-refractivity contribution in [2.24, 2.45) is 0 Å². The van der Waals surface area contributed by atoms with Crippen molar-refractivity contribution < 1.29 is 4.79 Å². The van der Waals surface area contributed by atoms with Crippen molar-refractivity contribution in [2.45, 2.75) is 31.7 Å². The van der Waals surface area contributed by atoms with Crippen molar-refractivity contribution in [3.8, 4) is 0 Å². The van der Waals surface area contributed by atoms with E-state index in [1.807, 2.05) is 24.3 Å². The van der Waals surface area contributed by atoms with Gasteiger partial charge in [0.1, 0.15) is 0 Å². The highest BCUT2D eigenvalue weighted by molar-refractivity contribution is 6.30. The zero-order valence-electron chi connectivity index (χ0n) is 10.8. The van der Waals surface area contributed by atoms with Crippen LogP contribution in [0.1, 0.15) is 24.8 Å². The second-order valence-corrected chi connectivity index (χ2v) is 5.11. The maximum Gasteiger partial charge on any atom is 0.237 e. The largest absolute Gasteiger partial charge is 0.354 e. The third-order valence-electron chi connectivity index (χ3n) is 3.23. The van der Waals surface area contributed by atoms with E-state index in [4.69, 9.17) is 11.6 Å². The number of hydrogen-bond acceptors (Lipinski definition) is 2. The minimum Gasteiger partial charge on any atom is -0.354 e. The molecule has 1 aromatic carbocycles. The molecule has 1 unspecified atom stereocenters. The second kappa shape index (κ2) is 8.41. The zero-order chi connectivity index (χ0) is 12.8. The van der Waals surface area contributed by atoms with E-state index in [-0.39, 0.29) is 24.4 Å². The van der Waals surface area contributed by atoms with Gasteiger partial charge in [0.25, 0.3) is 0 Å². The van der Waals surface area contributed by atoms with Crippen LogP contribution in [-0.2, 0) is 11.2 Å². The van der Waals surface area contributed by atoms with E-state index in [0.29, 0.717) is 6.54 Å². The first-order valence-electron chi connectivity index (χ1n) is 6.51. The molecule has 1 atom stereocenters. The molecule has 1 aliphatic rings. The highest BCUT2D eigenvalue weighted by Gasteiger charge is 2.19. The number of carbonyl (C=O) groups excluding carboxylic acids is 1. The SMILES string of the molecule is Cl.O=C(NCCc1cccc(Cl)c1)C1CCCCN1. The molecule has 0 spiro atoms. The van der Waals surface area contributed by atoms with Crippen LogP contribution in [0.4, 0.5) is 0 Å². The molecular formula is C14H20Cl2N2O. The Bertz CT molecular complexity index is 406. The van der Waals surface area contributed by atoms with Crippen LogP contribution in [0.25, 0.3) is 0 Å². The predicted molar refractivity (Wildman–Crippen MR) is 81.1 cm³/mol. The maximum absolute atomic E-state index is 11.9. The van der Waals surface area contributed by atoms with Crippen molar-refractivity contribution in [3.63, 3.8) is 0 Å². The Hall–Kier alpha value is -0.770. The Balaban J connectivity index is 0.00000180. The molecule has 1 fully saturated rings. The van der Waals surface area contributed by atoms with Gasteiger partial charge in [0.05, 0.1) is 6.04 Å². The number of rotatable bonds is 4. The van der Waals surface area contributed by atoms with E-state index in [1.165, 1.54) is 6.42 Å². The van der Waals surface area contributed by atoms with Gasteiger partial charge in [-0.25, -0.2) is 0 Å². The number of hydrogen-bond donors (Lipinski definition) is 2. The quantitative estimate of drug-likeness (QED) is 0.897.